The van der Waals surface area contributed by atoms with Crippen LogP contribution in [0.3, 0.4) is 0 Å². The van der Waals surface area contributed by atoms with Crippen LogP contribution in [0.4, 0.5) is 0 Å². The highest BCUT2D eigenvalue weighted by Gasteiger charge is 2.74. The summed E-state index contributed by atoms with van der Waals surface area (Å²) in [5.41, 5.74) is -3.24. The second-order valence-corrected chi connectivity index (χ2v) is 12.1. The van der Waals surface area contributed by atoms with Crippen molar-refractivity contribution < 1.29 is 67.7 Å². The first-order valence-electron chi connectivity index (χ1n) is 14.7. The van der Waals surface area contributed by atoms with E-state index in [4.69, 9.17) is 28.4 Å². The van der Waals surface area contributed by atoms with E-state index in [9.17, 15) is 39.3 Å². The normalized spacial score (nSPS) is 37.9. The lowest BCUT2D eigenvalue weighted by atomic mass is 9.62. The third-order valence-electron chi connectivity index (χ3n) is 9.30. The molecule has 2 bridgehead atoms. The van der Waals surface area contributed by atoms with Crippen LogP contribution in [-0.2, 0) is 52.4 Å². The van der Waals surface area contributed by atoms with Crippen LogP contribution < -0.4 is 0 Å². The molecule has 2 aliphatic carbocycles. The van der Waals surface area contributed by atoms with Crippen molar-refractivity contribution in [3.05, 3.63) is 35.5 Å². The van der Waals surface area contributed by atoms with Crippen molar-refractivity contribution in [3.8, 4) is 0 Å². The van der Waals surface area contributed by atoms with Gasteiger partial charge >= 0.3 is 29.8 Å². The third kappa shape index (κ3) is 6.28. The molecular weight excluding hydrogens is 596 g/mol. The summed E-state index contributed by atoms with van der Waals surface area (Å²) in [5.74, 6) is -3.69. The average Bonchev–Trinajstić information content (AvgIpc) is 3.12. The van der Waals surface area contributed by atoms with E-state index in [1.165, 1.54) is 33.1 Å². The first-order chi connectivity index (χ1) is 21.1. The van der Waals surface area contributed by atoms with E-state index >= 15 is 0 Å². The number of methoxy groups -OCH3 is 1. The Morgan fingerprint density at radius 3 is 2.40 bits per heavy atom. The SMILES string of the molecule is COC(=O)C1=CC[C@@]23CC[C@@H]([C@@](C)(/C=C/C=C(\C)C(=O)O[C@@H]4O[C@H](COC(C)=O)[C@@H](O)[C@H](O)[C@H]4O)OC2=O)[C@@]3(OC(C)=O)CC1. The van der Waals surface area contributed by atoms with Crippen LogP contribution in [0.2, 0.25) is 0 Å². The van der Waals surface area contributed by atoms with Crippen molar-refractivity contribution in [2.45, 2.75) is 102 Å². The molecule has 14 nitrogen and oxygen atoms in total. The van der Waals surface area contributed by atoms with Crippen LogP contribution in [0.1, 0.15) is 59.8 Å². The molecule has 4 aliphatic rings. The highest BCUT2D eigenvalue weighted by molar-refractivity contribution is 5.90. The van der Waals surface area contributed by atoms with E-state index in [0.29, 0.717) is 18.4 Å². The molecule has 0 radical (unpaired) electrons. The predicted molar refractivity (Wildman–Crippen MR) is 150 cm³/mol. The molecule has 0 aromatic carbocycles. The summed E-state index contributed by atoms with van der Waals surface area (Å²) in [5, 5.41) is 30.6. The Kier molecular flexibility index (Phi) is 9.93. The third-order valence-corrected chi connectivity index (χ3v) is 9.30. The summed E-state index contributed by atoms with van der Waals surface area (Å²) >= 11 is 0. The molecule has 0 amide bonds. The van der Waals surface area contributed by atoms with Crippen molar-refractivity contribution in [1.29, 1.82) is 0 Å². The van der Waals surface area contributed by atoms with Gasteiger partial charge in [0, 0.05) is 30.9 Å². The number of rotatable bonds is 8. The van der Waals surface area contributed by atoms with Crippen LogP contribution >= 0.6 is 0 Å². The second-order valence-electron chi connectivity index (χ2n) is 12.1. The van der Waals surface area contributed by atoms with Crippen LogP contribution in [0.5, 0.6) is 0 Å². The number of allylic oxidation sites excluding steroid dienone is 3. The maximum atomic E-state index is 13.7. The van der Waals surface area contributed by atoms with Gasteiger partial charge in [-0.15, -0.1) is 0 Å². The van der Waals surface area contributed by atoms with Gasteiger partial charge in [-0.2, -0.15) is 0 Å². The average molecular weight is 637 g/mol. The highest BCUT2D eigenvalue weighted by atomic mass is 16.7. The highest BCUT2D eigenvalue weighted by Crippen LogP contribution is 2.65. The summed E-state index contributed by atoms with van der Waals surface area (Å²) in [4.78, 5) is 62.5. The Morgan fingerprint density at radius 2 is 1.76 bits per heavy atom. The first kappa shape index (κ1) is 34.3. The summed E-state index contributed by atoms with van der Waals surface area (Å²) < 4.78 is 32.4. The zero-order valence-corrected chi connectivity index (χ0v) is 25.8. The van der Waals surface area contributed by atoms with Crippen molar-refractivity contribution in [1.82, 2.24) is 0 Å². The largest absolute Gasteiger partial charge is 0.466 e. The van der Waals surface area contributed by atoms with Crippen LogP contribution in [0.25, 0.3) is 0 Å². The van der Waals surface area contributed by atoms with E-state index in [1.807, 2.05) is 0 Å². The zero-order valence-electron chi connectivity index (χ0n) is 25.8. The van der Waals surface area contributed by atoms with Crippen molar-refractivity contribution in [3.63, 3.8) is 0 Å². The number of carbonyl (C=O) groups is 5. The fourth-order valence-electron chi connectivity index (χ4n) is 7.00. The first-order valence-corrected chi connectivity index (χ1v) is 14.7. The summed E-state index contributed by atoms with van der Waals surface area (Å²) in [7, 11) is 1.27. The quantitative estimate of drug-likeness (QED) is 0.145. The Bertz CT molecular complexity index is 1320. The fourth-order valence-corrected chi connectivity index (χ4v) is 7.00. The Hall–Kier alpha value is -3.59. The van der Waals surface area contributed by atoms with Gasteiger partial charge in [-0.05, 0) is 52.0 Å². The number of cyclic esters (lactones) is 1. The number of esters is 5. The number of ether oxygens (including phenoxy) is 6. The van der Waals surface area contributed by atoms with Crippen molar-refractivity contribution in [2.24, 2.45) is 11.3 Å². The van der Waals surface area contributed by atoms with E-state index < -0.39 is 89.7 Å². The minimum atomic E-state index is -1.78. The van der Waals surface area contributed by atoms with Gasteiger partial charge in [-0.3, -0.25) is 14.4 Å². The molecule has 0 aromatic rings. The monoisotopic (exact) mass is 636 g/mol. The lowest BCUT2D eigenvalue weighted by Gasteiger charge is -2.54. The zero-order chi connectivity index (χ0) is 33.3. The minimum Gasteiger partial charge on any atom is -0.466 e. The van der Waals surface area contributed by atoms with Gasteiger partial charge in [0.05, 0.1) is 7.11 Å². The van der Waals surface area contributed by atoms with Gasteiger partial charge in [-0.25, -0.2) is 9.59 Å². The van der Waals surface area contributed by atoms with Gasteiger partial charge in [0.1, 0.15) is 47.6 Å². The molecule has 2 heterocycles. The van der Waals surface area contributed by atoms with E-state index in [1.54, 1.807) is 19.1 Å². The Morgan fingerprint density at radius 1 is 1.04 bits per heavy atom. The lowest BCUT2D eigenvalue weighted by molar-refractivity contribution is -0.292. The summed E-state index contributed by atoms with van der Waals surface area (Å²) in [6.45, 7) is 5.08. The van der Waals surface area contributed by atoms with E-state index in [0.717, 1.165) is 6.92 Å². The topological polar surface area (TPSA) is 201 Å². The molecule has 3 N–H and O–H groups in total. The maximum absolute atomic E-state index is 13.7. The number of carbonyl (C=O) groups excluding carboxylic acids is 5. The summed E-state index contributed by atoms with van der Waals surface area (Å²) in [6, 6.07) is 0. The molecule has 45 heavy (non-hydrogen) atoms. The molecule has 14 heteroatoms. The smallest absolute Gasteiger partial charge is 0.336 e. The molecular formula is C31H40O14. The number of hydrogen-bond acceptors (Lipinski definition) is 14. The molecule has 1 saturated carbocycles. The van der Waals surface area contributed by atoms with Gasteiger partial charge in [0.25, 0.3) is 0 Å². The molecule has 0 aromatic heterocycles. The molecule has 0 spiro atoms. The molecule has 0 unspecified atom stereocenters. The molecule has 2 aliphatic heterocycles. The van der Waals surface area contributed by atoms with Crippen LogP contribution in [0.15, 0.2) is 35.5 Å². The fraction of sp³-hybridized carbons (Fsp3) is 0.645. The number of aliphatic hydroxyl groups is 3. The van der Waals surface area contributed by atoms with Gasteiger partial charge in [0.15, 0.2) is 0 Å². The van der Waals surface area contributed by atoms with E-state index in [-0.39, 0.29) is 24.8 Å². The van der Waals surface area contributed by atoms with Gasteiger partial charge in [0.2, 0.25) is 6.29 Å². The van der Waals surface area contributed by atoms with Crippen molar-refractivity contribution >= 4 is 29.8 Å². The molecule has 248 valence electrons. The number of hydrogen-bond donors (Lipinski definition) is 3. The Labute approximate surface area is 259 Å². The lowest BCUT2D eigenvalue weighted by Crippen LogP contribution is -2.65. The molecule has 9 atom stereocenters. The van der Waals surface area contributed by atoms with Crippen LogP contribution in [-0.4, -0.2) is 101 Å². The van der Waals surface area contributed by atoms with Crippen molar-refractivity contribution in [2.75, 3.05) is 13.7 Å². The standard InChI is InChI=1S/C31H40O14/c1-16(25(37)43-27-24(36)23(35)22(34)20(42-27)15-41-17(2)32)7-6-11-29(4)21-10-13-30(28(39)45-29)12-8-19(26(38)40-5)9-14-31(21,30)44-18(3)33/h6-8,11,20-24,27,34-36H,9-10,12-15H2,1-5H3/b11-6+,16-7+/t20-,21+,22-,23+,24-,27+,29-,30-,31+/m1/s1. The summed E-state index contributed by atoms with van der Waals surface area (Å²) in [6.07, 6.45) is -0.466. The van der Waals surface area contributed by atoms with E-state index in [2.05, 4.69) is 0 Å². The molecule has 3 fully saturated rings. The van der Waals surface area contributed by atoms with Crippen LogP contribution in [0, 0.1) is 11.3 Å². The second kappa shape index (κ2) is 13.0. The molecule has 4 rings (SSSR count). The maximum Gasteiger partial charge on any atom is 0.336 e. The Balaban J connectivity index is 1.53. The number of aliphatic hydroxyl groups excluding tert-OH is 3. The minimum absolute atomic E-state index is 0.0433. The van der Waals surface area contributed by atoms with Gasteiger partial charge < -0.3 is 43.7 Å². The molecule has 2 saturated heterocycles. The van der Waals surface area contributed by atoms with Gasteiger partial charge in [-0.1, -0.05) is 18.2 Å². The predicted octanol–water partition coefficient (Wildman–Crippen LogP) is 0.700.